The van der Waals surface area contributed by atoms with Crippen LogP contribution in [0.2, 0.25) is 0 Å². The first kappa shape index (κ1) is 35.6. The maximum atomic E-state index is 12.5. The largest absolute Gasteiger partial charge is 0.508 e. The lowest BCUT2D eigenvalue weighted by molar-refractivity contribution is -0.125. The van der Waals surface area contributed by atoms with Crippen LogP contribution in [0.15, 0.2) is 54.9 Å². The van der Waals surface area contributed by atoms with Gasteiger partial charge < -0.3 is 55.7 Å². The van der Waals surface area contributed by atoms with Gasteiger partial charge in [-0.15, -0.1) is 0 Å². The van der Waals surface area contributed by atoms with Crippen molar-refractivity contribution < 1.29 is 39.9 Å². The van der Waals surface area contributed by atoms with Gasteiger partial charge in [0, 0.05) is 25.6 Å². The molecule has 51 heavy (non-hydrogen) atoms. The fourth-order valence-electron chi connectivity index (χ4n) is 6.67. The maximum Gasteiger partial charge on any atom is 0.407 e. The number of fused-ring (bicyclic) bond motifs is 1. The van der Waals surface area contributed by atoms with E-state index in [0.29, 0.717) is 49.0 Å². The number of carbonyl (C=O) groups excluding carboxylic acids is 2. The van der Waals surface area contributed by atoms with Crippen molar-refractivity contribution in [3.63, 3.8) is 0 Å². The van der Waals surface area contributed by atoms with Crippen LogP contribution in [0.3, 0.4) is 0 Å². The number of anilines is 2. The van der Waals surface area contributed by atoms with Crippen LogP contribution < -0.4 is 20.9 Å². The van der Waals surface area contributed by atoms with Crippen LogP contribution in [-0.4, -0.2) is 113 Å². The Labute approximate surface area is 294 Å². The summed E-state index contributed by atoms with van der Waals surface area (Å²) in [6, 6.07) is 12.0. The van der Waals surface area contributed by atoms with Crippen LogP contribution in [-0.2, 0) is 9.53 Å². The highest BCUT2D eigenvalue weighted by Crippen LogP contribution is 2.36. The standard InChI is InChI=1S/C35H44N8O8/c1-35(2,3)51-34(50)38-21-12-13-42(16-21)33-40-31(36-15-24(19-4-8-22(45)9-5-19)20-6-10-23(46)11-7-20)28-32(41-33)43(18-37-28)26-14-25(29(48)30(26)49)39-27(47)17-44/h4-11,18,21,24-26,29-30,44-46,48-49H,12-17H2,1-3H3,(H,38,50)(H,39,47)(H,36,40,41)/t21?,25-,26+,29+,30-/m0/s1. The van der Waals surface area contributed by atoms with Crippen molar-refractivity contribution >= 4 is 34.9 Å². The number of ether oxygens (including phenoxy) is 1. The van der Waals surface area contributed by atoms with Gasteiger partial charge in [-0.2, -0.15) is 9.97 Å². The fraction of sp³-hybridized carbons (Fsp3) is 0.457. The van der Waals surface area contributed by atoms with Crippen molar-refractivity contribution in [2.24, 2.45) is 0 Å². The Bertz CT molecular complexity index is 1800. The van der Waals surface area contributed by atoms with E-state index in [1.165, 1.54) is 6.33 Å². The Morgan fingerprint density at radius 2 is 1.61 bits per heavy atom. The number of rotatable bonds is 10. The molecule has 0 spiro atoms. The molecule has 5 atom stereocenters. The van der Waals surface area contributed by atoms with Gasteiger partial charge in [0.05, 0.1) is 24.5 Å². The summed E-state index contributed by atoms with van der Waals surface area (Å²) < 4.78 is 7.11. The number of aromatic hydroxyl groups is 2. The van der Waals surface area contributed by atoms with E-state index in [1.54, 1.807) is 49.6 Å². The minimum absolute atomic E-state index is 0.131. The average Bonchev–Trinajstić information content (AvgIpc) is 3.80. The van der Waals surface area contributed by atoms with Gasteiger partial charge in [-0.25, -0.2) is 9.78 Å². The molecule has 4 aromatic rings. The molecular weight excluding hydrogens is 660 g/mol. The van der Waals surface area contributed by atoms with Gasteiger partial charge in [-0.05, 0) is 69.0 Å². The Morgan fingerprint density at radius 3 is 2.22 bits per heavy atom. The van der Waals surface area contributed by atoms with Gasteiger partial charge in [0.15, 0.2) is 17.0 Å². The zero-order valence-electron chi connectivity index (χ0n) is 28.6. The molecule has 1 saturated heterocycles. The van der Waals surface area contributed by atoms with Gasteiger partial charge in [0.1, 0.15) is 35.9 Å². The van der Waals surface area contributed by atoms with E-state index in [4.69, 9.17) is 14.7 Å². The van der Waals surface area contributed by atoms with Crippen LogP contribution in [0.4, 0.5) is 16.6 Å². The summed E-state index contributed by atoms with van der Waals surface area (Å²) in [6.07, 6.45) is -0.805. The van der Waals surface area contributed by atoms with Gasteiger partial charge in [0.25, 0.3) is 0 Å². The molecule has 0 bridgehead atoms. The second kappa shape index (κ2) is 14.6. The van der Waals surface area contributed by atoms with E-state index in [9.17, 15) is 35.1 Å². The Kier molecular flexibility index (Phi) is 10.2. The average molecular weight is 705 g/mol. The van der Waals surface area contributed by atoms with Crippen LogP contribution in [0.1, 0.15) is 56.7 Å². The quantitative estimate of drug-likeness (QED) is 0.118. The summed E-state index contributed by atoms with van der Waals surface area (Å²) >= 11 is 0. The van der Waals surface area contributed by atoms with Gasteiger partial charge in [-0.3, -0.25) is 4.79 Å². The van der Waals surface area contributed by atoms with Crippen LogP contribution in [0.5, 0.6) is 11.5 Å². The minimum atomic E-state index is -1.29. The third-order valence-corrected chi connectivity index (χ3v) is 9.17. The smallest absolute Gasteiger partial charge is 0.407 e. The van der Waals surface area contributed by atoms with Crippen LogP contribution in [0, 0.1) is 0 Å². The van der Waals surface area contributed by atoms with Crippen molar-refractivity contribution in [2.75, 3.05) is 36.5 Å². The molecule has 3 heterocycles. The molecule has 16 nitrogen and oxygen atoms in total. The SMILES string of the molecule is CC(C)(C)OC(=O)NC1CCN(c2nc(NCC(c3ccc(O)cc3)c3ccc(O)cc3)c3ncn([C@@H]4C[C@H](NC(=O)CO)[C@@H](O)[C@H]4O)c3n2)C1. The van der Waals surface area contributed by atoms with Crippen molar-refractivity contribution in [2.45, 2.75) is 75.5 Å². The van der Waals surface area contributed by atoms with Crippen LogP contribution in [0.25, 0.3) is 11.2 Å². The molecule has 1 aliphatic heterocycles. The molecule has 2 aromatic heterocycles. The molecule has 2 aromatic carbocycles. The van der Waals surface area contributed by atoms with E-state index in [2.05, 4.69) is 20.9 Å². The van der Waals surface area contributed by atoms with Crippen molar-refractivity contribution in [1.29, 1.82) is 0 Å². The summed E-state index contributed by atoms with van der Waals surface area (Å²) in [7, 11) is 0. The second-order valence-corrected chi connectivity index (χ2v) is 14.0. The Balaban J connectivity index is 1.34. The lowest BCUT2D eigenvalue weighted by Gasteiger charge is -2.23. The zero-order chi connectivity index (χ0) is 36.4. The molecule has 2 aliphatic rings. The molecule has 2 fully saturated rings. The predicted molar refractivity (Wildman–Crippen MR) is 187 cm³/mol. The Morgan fingerprint density at radius 1 is 0.961 bits per heavy atom. The topological polar surface area (TPSA) is 227 Å². The van der Waals surface area contributed by atoms with Crippen molar-refractivity contribution in [3.05, 3.63) is 66.0 Å². The summed E-state index contributed by atoms with van der Waals surface area (Å²) in [5, 5.41) is 59.9. The number of phenolic OH excluding ortho intramolecular Hbond substituents is 2. The molecule has 272 valence electrons. The van der Waals surface area contributed by atoms with Gasteiger partial charge in [0.2, 0.25) is 11.9 Å². The normalized spacial score (nSPS) is 22.0. The number of nitrogens with one attached hydrogen (secondary N) is 3. The maximum absolute atomic E-state index is 12.5. The third kappa shape index (κ3) is 8.08. The van der Waals surface area contributed by atoms with Crippen LogP contribution >= 0.6 is 0 Å². The number of nitrogens with zero attached hydrogens (tertiary/aromatic N) is 5. The number of imidazole rings is 1. The first-order valence-electron chi connectivity index (χ1n) is 16.9. The number of amides is 2. The molecule has 8 N–H and O–H groups in total. The first-order chi connectivity index (χ1) is 24.3. The number of hydrogen-bond acceptors (Lipinski definition) is 13. The number of aliphatic hydroxyl groups excluding tert-OH is 3. The molecule has 1 aliphatic carbocycles. The molecule has 1 saturated carbocycles. The number of hydrogen-bond donors (Lipinski definition) is 8. The summed E-state index contributed by atoms with van der Waals surface area (Å²) in [4.78, 5) is 40.8. The van der Waals surface area contributed by atoms with E-state index in [-0.39, 0.29) is 29.9 Å². The summed E-state index contributed by atoms with van der Waals surface area (Å²) in [5.41, 5.74) is 1.93. The summed E-state index contributed by atoms with van der Waals surface area (Å²) in [6.45, 7) is 5.90. The first-order valence-corrected chi connectivity index (χ1v) is 16.9. The van der Waals surface area contributed by atoms with Crippen molar-refractivity contribution in [1.82, 2.24) is 30.2 Å². The van der Waals surface area contributed by atoms with E-state index >= 15 is 0 Å². The van der Waals surface area contributed by atoms with E-state index < -0.39 is 48.5 Å². The predicted octanol–water partition coefficient (Wildman–Crippen LogP) is 1.73. The third-order valence-electron chi connectivity index (χ3n) is 9.17. The number of aromatic nitrogens is 4. The summed E-state index contributed by atoms with van der Waals surface area (Å²) in [5.74, 6) is 0.109. The van der Waals surface area contributed by atoms with E-state index in [1.807, 2.05) is 29.2 Å². The number of alkyl carbamates (subject to hydrolysis) is 1. The fourth-order valence-corrected chi connectivity index (χ4v) is 6.67. The monoisotopic (exact) mass is 704 g/mol. The minimum Gasteiger partial charge on any atom is -0.508 e. The molecule has 2 amide bonds. The second-order valence-electron chi connectivity index (χ2n) is 14.0. The number of aliphatic hydroxyl groups is 3. The number of carbonyl (C=O) groups is 2. The van der Waals surface area contributed by atoms with Crippen molar-refractivity contribution in [3.8, 4) is 11.5 Å². The number of benzene rings is 2. The molecule has 1 unspecified atom stereocenters. The molecule has 16 heteroatoms. The lowest BCUT2D eigenvalue weighted by Crippen LogP contribution is -2.44. The highest BCUT2D eigenvalue weighted by Gasteiger charge is 2.44. The number of phenols is 2. The Hall–Kier alpha value is -5.19. The van der Waals surface area contributed by atoms with Gasteiger partial charge >= 0.3 is 6.09 Å². The van der Waals surface area contributed by atoms with E-state index in [0.717, 1.165) is 11.1 Å². The van der Waals surface area contributed by atoms with Gasteiger partial charge in [-0.1, -0.05) is 24.3 Å². The highest BCUT2D eigenvalue weighted by atomic mass is 16.6. The molecule has 6 rings (SSSR count). The highest BCUT2D eigenvalue weighted by molar-refractivity contribution is 5.85. The lowest BCUT2D eigenvalue weighted by atomic mass is 9.91. The molecular formula is C35H44N8O8. The molecule has 0 radical (unpaired) electrons. The zero-order valence-corrected chi connectivity index (χ0v) is 28.6.